The summed E-state index contributed by atoms with van der Waals surface area (Å²) in [6.45, 7) is 1.22. The number of ether oxygens (including phenoxy) is 1. The number of aromatic nitrogens is 1. The Kier molecular flexibility index (Phi) is 6.58. The van der Waals surface area contributed by atoms with E-state index in [9.17, 15) is 4.79 Å². The number of nitrogens with one attached hydrogen (secondary N) is 2. The lowest BCUT2D eigenvalue weighted by molar-refractivity contribution is -0.119. The minimum absolute atomic E-state index is 0.101. The third-order valence-electron chi connectivity index (χ3n) is 5.91. The molecule has 1 aliphatic carbocycles. The van der Waals surface area contributed by atoms with Crippen LogP contribution in [0.5, 0.6) is 5.88 Å². The first-order valence-corrected chi connectivity index (χ1v) is 11.3. The molecule has 1 amide bonds. The van der Waals surface area contributed by atoms with Crippen LogP contribution in [-0.2, 0) is 16.9 Å². The van der Waals surface area contributed by atoms with Gasteiger partial charge in [-0.25, -0.2) is 4.98 Å². The molecule has 1 saturated heterocycles. The molecule has 0 saturated carbocycles. The molecular weight excluding hydrogens is 447 g/mol. The molecule has 1 aromatic carbocycles. The van der Waals surface area contributed by atoms with Gasteiger partial charge in [0.05, 0.1) is 12.8 Å². The van der Waals surface area contributed by atoms with Crippen LogP contribution in [0.4, 0.5) is 0 Å². The van der Waals surface area contributed by atoms with Gasteiger partial charge < -0.3 is 21.1 Å². The molecule has 168 valence electrons. The number of nitrogens with two attached hydrogens (primary N) is 1. The molecule has 32 heavy (non-hydrogen) atoms. The van der Waals surface area contributed by atoms with E-state index in [0.29, 0.717) is 36.7 Å². The number of hydrogen-bond donors (Lipinski definition) is 3. The zero-order valence-electron chi connectivity index (χ0n) is 17.8. The van der Waals surface area contributed by atoms with Gasteiger partial charge in [-0.1, -0.05) is 77.8 Å². The first kappa shape index (κ1) is 22.8. The number of nitrogens with zero attached hydrogens (tertiary/aromatic N) is 1. The van der Waals surface area contributed by atoms with Gasteiger partial charge in [0, 0.05) is 31.1 Å². The Hall–Kier alpha value is -2.38. The molecule has 1 aliphatic heterocycles. The third kappa shape index (κ3) is 4.28. The predicted octanol–water partition coefficient (Wildman–Crippen LogP) is 3.44. The summed E-state index contributed by atoms with van der Waals surface area (Å²) in [4.78, 5) is 16.0. The number of allylic oxidation sites excluding steroid dienone is 2. The van der Waals surface area contributed by atoms with E-state index in [1.807, 2.05) is 54.6 Å². The molecule has 2 unspecified atom stereocenters. The highest BCUT2D eigenvalue weighted by Crippen LogP contribution is 2.51. The van der Waals surface area contributed by atoms with Crippen LogP contribution in [-0.4, -0.2) is 34.9 Å². The van der Waals surface area contributed by atoms with Crippen LogP contribution in [0, 0.1) is 0 Å². The number of benzene rings is 1. The molecule has 0 spiro atoms. The van der Waals surface area contributed by atoms with Gasteiger partial charge in [0.2, 0.25) is 11.8 Å². The molecule has 0 radical (unpaired) electrons. The minimum Gasteiger partial charge on any atom is -0.481 e. The van der Waals surface area contributed by atoms with Gasteiger partial charge in [0.15, 0.2) is 4.33 Å². The van der Waals surface area contributed by atoms with Crippen LogP contribution in [0.3, 0.4) is 0 Å². The van der Waals surface area contributed by atoms with Gasteiger partial charge in [-0.05, 0) is 23.6 Å². The maximum Gasteiger partial charge on any atom is 0.220 e. The Morgan fingerprint density at radius 2 is 2.03 bits per heavy atom. The summed E-state index contributed by atoms with van der Waals surface area (Å²) in [5, 5.41) is 6.30. The Labute approximate surface area is 197 Å². The van der Waals surface area contributed by atoms with Crippen LogP contribution in [0.2, 0.25) is 0 Å². The van der Waals surface area contributed by atoms with E-state index < -0.39 is 9.87 Å². The average Bonchev–Trinajstić information content (AvgIpc) is 3.21. The van der Waals surface area contributed by atoms with E-state index in [1.54, 1.807) is 13.2 Å². The van der Waals surface area contributed by atoms with Gasteiger partial charge in [0.25, 0.3) is 0 Å². The lowest BCUT2D eigenvalue weighted by atomic mass is 9.80. The number of amides is 1. The second-order valence-corrected chi connectivity index (χ2v) is 9.38. The maximum atomic E-state index is 11.4. The highest BCUT2D eigenvalue weighted by atomic mass is 35.5. The van der Waals surface area contributed by atoms with Crippen molar-refractivity contribution in [3.8, 4) is 5.88 Å². The van der Waals surface area contributed by atoms with Crippen LogP contribution < -0.4 is 21.1 Å². The van der Waals surface area contributed by atoms with Crippen molar-refractivity contribution in [2.24, 2.45) is 5.73 Å². The summed E-state index contributed by atoms with van der Waals surface area (Å²) in [5.41, 5.74) is 8.50. The average molecular weight is 473 g/mol. The molecule has 2 aliphatic rings. The van der Waals surface area contributed by atoms with E-state index in [-0.39, 0.29) is 11.9 Å². The molecule has 2 atom stereocenters. The van der Waals surface area contributed by atoms with Crippen molar-refractivity contribution in [1.29, 1.82) is 0 Å². The summed E-state index contributed by atoms with van der Waals surface area (Å²) < 4.78 is 4.10. The van der Waals surface area contributed by atoms with E-state index in [1.165, 1.54) is 0 Å². The number of alkyl halides is 2. The second kappa shape index (κ2) is 9.24. The van der Waals surface area contributed by atoms with Crippen LogP contribution in [0.25, 0.3) is 5.57 Å². The van der Waals surface area contributed by atoms with Crippen molar-refractivity contribution >= 4 is 34.7 Å². The molecule has 0 bridgehead atoms. The number of methoxy groups -OCH3 is 1. The number of pyridine rings is 1. The normalized spacial score (nSPS) is 24.2. The minimum atomic E-state index is -1.44. The zero-order chi connectivity index (χ0) is 22.8. The highest BCUT2D eigenvalue weighted by Gasteiger charge is 2.51. The van der Waals surface area contributed by atoms with Gasteiger partial charge in [-0.2, -0.15) is 0 Å². The molecule has 1 fully saturated rings. The number of rotatable bonds is 7. The van der Waals surface area contributed by atoms with Crippen molar-refractivity contribution < 1.29 is 9.53 Å². The Morgan fingerprint density at radius 3 is 2.72 bits per heavy atom. The lowest BCUT2D eigenvalue weighted by Crippen LogP contribution is -2.52. The lowest BCUT2D eigenvalue weighted by Gasteiger charge is -2.41. The predicted molar refractivity (Wildman–Crippen MR) is 128 cm³/mol. The van der Waals surface area contributed by atoms with Crippen LogP contribution >= 0.6 is 23.2 Å². The van der Waals surface area contributed by atoms with Gasteiger partial charge >= 0.3 is 0 Å². The first-order valence-electron chi connectivity index (χ1n) is 10.5. The number of hydrogen-bond acceptors (Lipinski definition) is 5. The smallest absolute Gasteiger partial charge is 0.220 e. The van der Waals surface area contributed by atoms with Crippen molar-refractivity contribution in [1.82, 2.24) is 15.6 Å². The monoisotopic (exact) mass is 472 g/mol. The van der Waals surface area contributed by atoms with Gasteiger partial charge in [-0.15, -0.1) is 0 Å². The largest absolute Gasteiger partial charge is 0.481 e. The van der Waals surface area contributed by atoms with Gasteiger partial charge in [0.1, 0.15) is 5.54 Å². The Balaban J connectivity index is 1.55. The summed E-state index contributed by atoms with van der Waals surface area (Å²) in [5.74, 6) is 0.548. The zero-order valence-corrected chi connectivity index (χ0v) is 19.3. The van der Waals surface area contributed by atoms with Crippen molar-refractivity contribution in [3.05, 3.63) is 77.5 Å². The van der Waals surface area contributed by atoms with E-state index in [0.717, 1.165) is 17.5 Å². The van der Waals surface area contributed by atoms with Crippen molar-refractivity contribution in [3.63, 3.8) is 0 Å². The molecule has 4 N–H and O–H groups in total. The van der Waals surface area contributed by atoms with Crippen LogP contribution in [0.1, 0.15) is 29.7 Å². The summed E-state index contributed by atoms with van der Waals surface area (Å²) in [6, 6.07) is 13.6. The van der Waals surface area contributed by atoms with Crippen molar-refractivity contribution in [2.75, 3.05) is 13.7 Å². The van der Waals surface area contributed by atoms with Crippen LogP contribution in [0.15, 0.2) is 60.7 Å². The number of carbonyl (C=O) groups excluding carboxylic acids is 1. The summed E-state index contributed by atoms with van der Waals surface area (Å²) in [7, 11) is 1.57. The summed E-state index contributed by atoms with van der Waals surface area (Å²) >= 11 is 13.8. The fourth-order valence-corrected chi connectivity index (χ4v) is 4.76. The third-order valence-corrected chi connectivity index (χ3v) is 6.94. The molecule has 1 aromatic heterocycles. The van der Waals surface area contributed by atoms with Gasteiger partial charge in [-0.3, -0.25) is 4.79 Å². The first-order chi connectivity index (χ1) is 15.3. The fourth-order valence-electron chi connectivity index (χ4n) is 4.09. The molecule has 8 heteroatoms. The number of carbonyl (C=O) groups is 1. The standard InChI is InChI=1S/C24H26Cl2N4O2/c1-32-22-17(14-28-15-18-10-12-21(31)29-18)9-11-20(30-22)23(27)13-5-8-19(24(23,25)26)16-6-3-2-4-7-16/h2-9,11,13,18,28H,10,12,14-15,27H2,1H3,(H,29,31). The van der Waals surface area contributed by atoms with E-state index in [2.05, 4.69) is 15.6 Å². The van der Waals surface area contributed by atoms with Crippen molar-refractivity contribution in [2.45, 2.75) is 35.3 Å². The Morgan fingerprint density at radius 1 is 1.25 bits per heavy atom. The maximum absolute atomic E-state index is 11.4. The number of halogens is 2. The topological polar surface area (TPSA) is 89.3 Å². The molecule has 2 aromatic rings. The second-order valence-electron chi connectivity index (χ2n) is 8.05. The highest BCUT2D eigenvalue weighted by molar-refractivity contribution is 6.55. The molecule has 2 heterocycles. The fraction of sp³-hybridized carbons (Fsp3) is 0.333. The molecule has 4 rings (SSSR count). The van der Waals surface area contributed by atoms with E-state index >= 15 is 0 Å². The van der Waals surface area contributed by atoms with E-state index in [4.69, 9.17) is 33.7 Å². The molecular formula is C24H26Cl2N4O2. The quantitative estimate of drug-likeness (QED) is 0.537. The Bertz CT molecular complexity index is 1060. The molecule has 6 nitrogen and oxygen atoms in total. The summed E-state index contributed by atoms with van der Waals surface area (Å²) in [6.07, 6.45) is 6.91. The SMILES string of the molecule is COc1nc(C2(N)C=CC=C(c3ccccc3)C2(Cl)Cl)ccc1CNCC1CCC(=O)N1.